The number of hydrogen-bond acceptors (Lipinski definition) is 5. The van der Waals surface area contributed by atoms with Crippen LogP contribution in [0, 0.1) is 5.82 Å². The molecular weight excluding hydrogens is 337 g/mol. The van der Waals surface area contributed by atoms with Gasteiger partial charge in [0.05, 0.1) is 5.56 Å². The van der Waals surface area contributed by atoms with Crippen LogP contribution in [0.5, 0.6) is 0 Å². The summed E-state index contributed by atoms with van der Waals surface area (Å²) in [6, 6.07) is 4.74. The molecule has 0 saturated heterocycles. The molecule has 1 aliphatic carbocycles. The lowest BCUT2D eigenvalue weighted by molar-refractivity contribution is 0.0991. The van der Waals surface area contributed by atoms with Crippen LogP contribution in [0.25, 0.3) is 0 Å². The van der Waals surface area contributed by atoms with Crippen molar-refractivity contribution < 1.29 is 9.18 Å². The molecule has 0 atom stereocenters. The van der Waals surface area contributed by atoms with Crippen molar-refractivity contribution in [3.05, 3.63) is 46.4 Å². The Balaban J connectivity index is 1.89. The number of hydrogen-bond donors (Lipinski definition) is 1. The molecule has 0 amide bonds. The quantitative estimate of drug-likeness (QED) is 0.484. The van der Waals surface area contributed by atoms with E-state index in [4.69, 9.17) is 11.6 Å². The largest absolute Gasteiger partial charge is 0.367 e. The van der Waals surface area contributed by atoms with E-state index in [-0.39, 0.29) is 22.8 Å². The lowest BCUT2D eigenvalue weighted by Gasteiger charge is -2.11. The van der Waals surface area contributed by atoms with Gasteiger partial charge in [-0.05, 0) is 31.2 Å². The van der Waals surface area contributed by atoms with E-state index in [1.165, 1.54) is 30.1 Å². The standard InChI is InChI=1S/C16H15ClFN3OS/c1-23-16-19-8-11(15(21-16)20-9-5-6-9)14(22)7-10-12(17)3-2-4-13(10)18/h2-4,8-9H,5-7H2,1H3,(H,19,20,21). The summed E-state index contributed by atoms with van der Waals surface area (Å²) in [6.45, 7) is 0. The van der Waals surface area contributed by atoms with Gasteiger partial charge in [0.15, 0.2) is 10.9 Å². The fraction of sp³-hybridized carbons (Fsp3) is 0.312. The summed E-state index contributed by atoms with van der Waals surface area (Å²) in [5, 5.41) is 4.08. The summed E-state index contributed by atoms with van der Waals surface area (Å²) in [7, 11) is 0. The van der Waals surface area contributed by atoms with Crippen molar-refractivity contribution >= 4 is 35.0 Å². The van der Waals surface area contributed by atoms with Gasteiger partial charge in [0.1, 0.15) is 11.6 Å². The third-order valence-corrected chi connectivity index (χ3v) is 4.48. The minimum atomic E-state index is -0.482. The smallest absolute Gasteiger partial charge is 0.189 e. The van der Waals surface area contributed by atoms with Crippen LogP contribution in [-0.4, -0.2) is 28.0 Å². The molecule has 1 aromatic heterocycles. The summed E-state index contributed by atoms with van der Waals surface area (Å²) in [6.07, 6.45) is 5.38. The molecule has 0 unspecified atom stereocenters. The summed E-state index contributed by atoms with van der Waals surface area (Å²) in [4.78, 5) is 21.1. The molecule has 4 nitrogen and oxygen atoms in total. The number of nitrogens with one attached hydrogen (secondary N) is 1. The van der Waals surface area contributed by atoms with Gasteiger partial charge in [0, 0.05) is 29.2 Å². The number of carbonyl (C=O) groups is 1. The van der Waals surface area contributed by atoms with Gasteiger partial charge in [-0.15, -0.1) is 0 Å². The highest BCUT2D eigenvalue weighted by Gasteiger charge is 2.25. The van der Waals surface area contributed by atoms with Gasteiger partial charge < -0.3 is 5.32 Å². The van der Waals surface area contributed by atoms with Gasteiger partial charge >= 0.3 is 0 Å². The molecule has 120 valence electrons. The predicted octanol–water partition coefficient (Wildman–Crippen LogP) is 3.99. The molecule has 1 N–H and O–H groups in total. The average Bonchev–Trinajstić information content (AvgIpc) is 3.34. The SMILES string of the molecule is CSc1ncc(C(=O)Cc2c(F)cccc2Cl)c(NC2CC2)n1. The monoisotopic (exact) mass is 351 g/mol. The first-order valence-corrected chi connectivity index (χ1v) is 8.82. The second kappa shape index (κ2) is 6.84. The molecule has 1 heterocycles. The maximum absolute atomic E-state index is 13.9. The van der Waals surface area contributed by atoms with E-state index in [0.29, 0.717) is 22.6 Å². The van der Waals surface area contributed by atoms with E-state index in [0.717, 1.165) is 12.8 Å². The number of halogens is 2. The van der Waals surface area contributed by atoms with Crippen LogP contribution < -0.4 is 5.32 Å². The first kappa shape index (κ1) is 16.2. The predicted molar refractivity (Wildman–Crippen MR) is 89.9 cm³/mol. The molecule has 0 bridgehead atoms. The number of rotatable bonds is 6. The summed E-state index contributed by atoms with van der Waals surface area (Å²) in [5.74, 6) is -0.221. The zero-order valence-electron chi connectivity index (χ0n) is 12.5. The Hall–Kier alpha value is -1.66. The molecule has 23 heavy (non-hydrogen) atoms. The normalized spacial score (nSPS) is 13.9. The molecular formula is C16H15ClFN3OS. The lowest BCUT2D eigenvalue weighted by atomic mass is 10.0. The second-order valence-electron chi connectivity index (χ2n) is 5.34. The first-order valence-electron chi connectivity index (χ1n) is 7.22. The fourth-order valence-corrected chi connectivity index (χ4v) is 2.73. The first-order chi connectivity index (χ1) is 11.1. The molecule has 1 fully saturated rings. The van der Waals surface area contributed by atoms with E-state index in [9.17, 15) is 9.18 Å². The number of benzene rings is 1. The van der Waals surface area contributed by atoms with Gasteiger partial charge in [-0.3, -0.25) is 4.79 Å². The fourth-order valence-electron chi connectivity index (χ4n) is 2.16. The van der Waals surface area contributed by atoms with Crippen molar-refractivity contribution in [1.29, 1.82) is 0 Å². The van der Waals surface area contributed by atoms with Crippen molar-refractivity contribution in [3.63, 3.8) is 0 Å². The number of anilines is 1. The zero-order valence-corrected chi connectivity index (χ0v) is 14.0. The summed E-state index contributed by atoms with van der Waals surface area (Å²) in [5.41, 5.74) is 0.569. The van der Waals surface area contributed by atoms with Crippen LogP contribution >= 0.6 is 23.4 Å². The van der Waals surface area contributed by atoms with E-state index in [1.54, 1.807) is 6.07 Å². The van der Waals surface area contributed by atoms with Gasteiger partial charge in [-0.2, -0.15) is 0 Å². The average molecular weight is 352 g/mol. The Kier molecular flexibility index (Phi) is 4.82. The van der Waals surface area contributed by atoms with Crippen molar-refractivity contribution in [2.75, 3.05) is 11.6 Å². The molecule has 1 aliphatic rings. The van der Waals surface area contributed by atoms with Gasteiger partial charge in [-0.1, -0.05) is 29.4 Å². The van der Waals surface area contributed by atoms with Crippen molar-refractivity contribution in [1.82, 2.24) is 9.97 Å². The summed E-state index contributed by atoms with van der Waals surface area (Å²) < 4.78 is 13.9. The Bertz CT molecular complexity index is 732. The van der Waals surface area contributed by atoms with Crippen molar-refractivity contribution in [2.24, 2.45) is 0 Å². The van der Waals surface area contributed by atoms with Crippen LogP contribution in [0.3, 0.4) is 0 Å². The zero-order chi connectivity index (χ0) is 16.4. The second-order valence-corrected chi connectivity index (χ2v) is 6.52. The van der Waals surface area contributed by atoms with Crippen LogP contribution in [0.1, 0.15) is 28.8 Å². The highest BCUT2D eigenvalue weighted by molar-refractivity contribution is 7.98. The van der Waals surface area contributed by atoms with Crippen LogP contribution in [0.15, 0.2) is 29.6 Å². The number of carbonyl (C=O) groups excluding carboxylic acids is 1. The molecule has 1 aromatic carbocycles. The number of nitrogens with zero attached hydrogens (tertiary/aromatic N) is 2. The maximum Gasteiger partial charge on any atom is 0.189 e. The molecule has 0 aliphatic heterocycles. The lowest BCUT2D eigenvalue weighted by Crippen LogP contribution is -2.14. The minimum Gasteiger partial charge on any atom is -0.367 e. The third kappa shape index (κ3) is 3.82. The van der Waals surface area contributed by atoms with E-state index in [2.05, 4.69) is 15.3 Å². The maximum atomic E-state index is 13.9. The Labute approximate surface area is 142 Å². The molecule has 0 spiro atoms. The Morgan fingerprint density at radius 3 is 2.91 bits per heavy atom. The molecule has 3 rings (SSSR count). The highest BCUT2D eigenvalue weighted by atomic mass is 35.5. The molecule has 2 aromatic rings. The number of aromatic nitrogens is 2. The topological polar surface area (TPSA) is 54.9 Å². The van der Waals surface area contributed by atoms with Gasteiger partial charge in [-0.25, -0.2) is 14.4 Å². The van der Waals surface area contributed by atoms with E-state index >= 15 is 0 Å². The van der Waals surface area contributed by atoms with Crippen LogP contribution in [0.2, 0.25) is 5.02 Å². The summed E-state index contributed by atoms with van der Waals surface area (Å²) >= 11 is 7.41. The van der Waals surface area contributed by atoms with Gasteiger partial charge in [0.25, 0.3) is 0 Å². The molecule has 7 heteroatoms. The Morgan fingerprint density at radius 1 is 1.48 bits per heavy atom. The number of ketones is 1. The van der Waals surface area contributed by atoms with Gasteiger partial charge in [0.2, 0.25) is 0 Å². The van der Waals surface area contributed by atoms with Crippen molar-refractivity contribution in [3.8, 4) is 0 Å². The Morgan fingerprint density at radius 2 is 2.26 bits per heavy atom. The molecule has 0 radical (unpaired) electrons. The minimum absolute atomic E-state index is 0.118. The van der Waals surface area contributed by atoms with E-state index in [1.807, 2.05) is 6.26 Å². The number of thioether (sulfide) groups is 1. The highest BCUT2D eigenvalue weighted by Crippen LogP contribution is 2.28. The van der Waals surface area contributed by atoms with Crippen LogP contribution in [0.4, 0.5) is 10.2 Å². The number of Topliss-reactive ketones (excluding diaryl/α,β-unsaturated/α-hetero) is 1. The van der Waals surface area contributed by atoms with E-state index < -0.39 is 5.82 Å². The third-order valence-electron chi connectivity index (χ3n) is 3.57. The van der Waals surface area contributed by atoms with Crippen LogP contribution in [-0.2, 0) is 6.42 Å². The molecule has 1 saturated carbocycles. The van der Waals surface area contributed by atoms with Crippen molar-refractivity contribution in [2.45, 2.75) is 30.5 Å².